The predicted molar refractivity (Wildman–Crippen MR) is 65.7 cm³/mol. The summed E-state index contributed by atoms with van der Waals surface area (Å²) >= 11 is 1.68. The molecule has 16 heavy (non-hydrogen) atoms. The molecule has 0 N–H and O–H groups in total. The summed E-state index contributed by atoms with van der Waals surface area (Å²) in [5.74, 6) is 0. The maximum Gasteiger partial charge on any atom is 0.109 e. The fourth-order valence-corrected chi connectivity index (χ4v) is 2.62. The standard InChI is InChI=1S/C12H13N3S/c1-2-4-10(5-3-1)12-8-15(14-13-12)11-6-7-16-9-11/h4,6-9H,1-3,5H2. The molecule has 0 unspecified atom stereocenters. The molecule has 4 heteroatoms. The molecule has 82 valence electrons. The van der Waals surface area contributed by atoms with E-state index in [4.69, 9.17) is 0 Å². The summed E-state index contributed by atoms with van der Waals surface area (Å²) in [4.78, 5) is 0. The lowest BCUT2D eigenvalue weighted by atomic mass is 9.98. The molecule has 0 spiro atoms. The van der Waals surface area contributed by atoms with Crippen LogP contribution in [-0.4, -0.2) is 15.0 Å². The third-order valence-electron chi connectivity index (χ3n) is 2.88. The van der Waals surface area contributed by atoms with Crippen molar-refractivity contribution in [3.63, 3.8) is 0 Å². The van der Waals surface area contributed by atoms with E-state index in [0.717, 1.165) is 17.8 Å². The van der Waals surface area contributed by atoms with Gasteiger partial charge in [0, 0.05) is 5.38 Å². The van der Waals surface area contributed by atoms with Gasteiger partial charge < -0.3 is 0 Å². The number of rotatable bonds is 2. The van der Waals surface area contributed by atoms with Crippen molar-refractivity contribution in [1.29, 1.82) is 0 Å². The van der Waals surface area contributed by atoms with Gasteiger partial charge in [0.2, 0.25) is 0 Å². The van der Waals surface area contributed by atoms with Crippen LogP contribution >= 0.6 is 11.3 Å². The lowest BCUT2D eigenvalue weighted by Gasteiger charge is -2.08. The monoisotopic (exact) mass is 231 g/mol. The highest BCUT2D eigenvalue weighted by Gasteiger charge is 2.10. The molecule has 3 nitrogen and oxygen atoms in total. The van der Waals surface area contributed by atoms with E-state index < -0.39 is 0 Å². The first-order valence-electron chi connectivity index (χ1n) is 5.58. The van der Waals surface area contributed by atoms with Crippen LogP contribution in [0.4, 0.5) is 0 Å². The molecule has 1 aliphatic rings. The fourth-order valence-electron chi connectivity index (χ4n) is 2.00. The summed E-state index contributed by atoms with van der Waals surface area (Å²) < 4.78 is 1.85. The number of hydrogen-bond donors (Lipinski definition) is 0. The Morgan fingerprint density at radius 3 is 3.06 bits per heavy atom. The van der Waals surface area contributed by atoms with Crippen LogP contribution in [0.25, 0.3) is 11.3 Å². The van der Waals surface area contributed by atoms with E-state index in [1.165, 1.54) is 24.8 Å². The van der Waals surface area contributed by atoms with E-state index in [1.807, 2.05) is 10.9 Å². The van der Waals surface area contributed by atoms with Crippen LogP contribution in [0.1, 0.15) is 31.4 Å². The first-order chi connectivity index (χ1) is 7.93. The summed E-state index contributed by atoms with van der Waals surface area (Å²) in [6, 6.07) is 2.05. The van der Waals surface area contributed by atoms with Gasteiger partial charge in [-0.25, -0.2) is 4.68 Å². The number of aromatic nitrogens is 3. The summed E-state index contributed by atoms with van der Waals surface area (Å²) in [5.41, 5.74) is 3.48. The predicted octanol–water partition coefficient (Wildman–Crippen LogP) is 3.29. The molecule has 0 aliphatic heterocycles. The van der Waals surface area contributed by atoms with Crippen LogP contribution in [0.3, 0.4) is 0 Å². The van der Waals surface area contributed by atoms with Gasteiger partial charge in [-0.05, 0) is 42.7 Å². The van der Waals surface area contributed by atoms with Crippen LogP contribution in [0.2, 0.25) is 0 Å². The van der Waals surface area contributed by atoms with Crippen molar-refractivity contribution in [2.75, 3.05) is 0 Å². The Morgan fingerprint density at radius 1 is 1.31 bits per heavy atom. The van der Waals surface area contributed by atoms with Crippen molar-refractivity contribution in [2.45, 2.75) is 25.7 Å². The highest BCUT2D eigenvalue weighted by Crippen LogP contribution is 2.25. The van der Waals surface area contributed by atoms with Crippen LogP contribution in [0.5, 0.6) is 0 Å². The SMILES string of the molecule is C1=C(c2cn(-c3ccsc3)nn2)CCCC1. The summed E-state index contributed by atoms with van der Waals surface area (Å²) in [7, 11) is 0. The average molecular weight is 231 g/mol. The molecule has 0 saturated carbocycles. The molecule has 0 saturated heterocycles. The maximum absolute atomic E-state index is 4.25. The summed E-state index contributed by atoms with van der Waals surface area (Å²) in [5, 5.41) is 12.5. The van der Waals surface area contributed by atoms with Gasteiger partial charge in [0.1, 0.15) is 5.69 Å². The van der Waals surface area contributed by atoms with Crippen LogP contribution in [0.15, 0.2) is 29.1 Å². The maximum atomic E-state index is 4.25. The lowest BCUT2D eigenvalue weighted by Crippen LogP contribution is -1.92. The zero-order chi connectivity index (χ0) is 10.8. The van der Waals surface area contributed by atoms with E-state index in [2.05, 4.69) is 33.2 Å². The zero-order valence-electron chi connectivity index (χ0n) is 8.97. The smallest absolute Gasteiger partial charge is 0.109 e. The quantitative estimate of drug-likeness (QED) is 0.794. The number of hydrogen-bond acceptors (Lipinski definition) is 3. The third kappa shape index (κ3) is 1.80. The number of thiophene rings is 1. The van der Waals surface area contributed by atoms with Crippen molar-refractivity contribution >= 4 is 16.9 Å². The Labute approximate surface area is 98.4 Å². The van der Waals surface area contributed by atoms with Gasteiger partial charge in [0.15, 0.2) is 0 Å². The second-order valence-electron chi connectivity index (χ2n) is 4.01. The molecule has 2 heterocycles. The minimum Gasteiger partial charge on any atom is -0.219 e. The highest BCUT2D eigenvalue weighted by molar-refractivity contribution is 7.08. The molecule has 0 bridgehead atoms. The van der Waals surface area contributed by atoms with E-state index in [-0.39, 0.29) is 0 Å². The first-order valence-corrected chi connectivity index (χ1v) is 6.52. The van der Waals surface area contributed by atoms with Crippen LogP contribution in [0, 0.1) is 0 Å². The fraction of sp³-hybridized carbons (Fsp3) is 0.333. The first kappa shape index (κ1) is 9.78. The number of nitrogens with zero attached hydrogens (tertiary/aromatic N) is 3. The molecule has 3 rings (SSSR count). The van der Waals surface area contributed by atoms with Gasteiger partial charge in [-0.15, -0.1) is 5.10 Å². The van der Waals surface area contributed by atoms with Crippen molar-refractivity contribution in [1.82, 2.24) is 15.0 Å². The van der Waals surface area contributed by atoms with Crippen molar-refractivity contribution in [2.24, 2.45) is 0 Å². The molecule has 0 aromatic carbocycles. The second-order valence-corrected chi connectivity index (χ2v) is 4.79. The molecule has 1 aliphatic carbocycles. The van der Waals surface area contributed by atoms with E-state index in [1.54, 1.807) is 11.3 Å². The van der Waals surface area contributed by atoms with Crippen molar-refractivity contribution < 1.29 is 0 Å². The van der Waals surface area contributed by atoms with Crippen molar-refractivity contribution in [3.8, 4) is 5.69 Å². The van der Waals surface area contributed by atoms with Gasteiger partial charge in [0.05, 0.1) is 11.9 Å². The normalized spacial score (nSPS) is 16.1. The molecular formula is C12H13N3S. The van der Waals surface area contributed by atoms with Gasteiger partial charge >= 0.3 is 0 Å². The zero-order valence-corrected chi connectivity index (χ0v) is 9.78. The third-order valence-corrected chi connectivity index (χ3v) is 3.55. The van der Waals surface area contributed by atoms with E-state index >= 15 is 0 Å². The number of allylic oxidation sites excluding steroid dienone is 2. The van der Waals surface area contributed by atoms with E-state index in [9.17, 15) is 0 Å². The minimum absolute atomic E-state index is 1.03. The van der Waals surface area contributed by atoms with Crippen LogP contribution < -0.4 is 0 Å². The summed E-state index contributed by atoms with van der Waals surface area (Å²) in [6.07, 6.45) is 9.23. The van der Waals surface area contributed by atoms with Gasteiger partial charge in [-0.1, -0.05) is 11.3 Å². The Bertz CT molecular complexity index is 496. The molecular weight excluding hydrogens is 218 g/mol. The van der Waals surface area contributed by atoms with Crippen molar-refractivity contribution in [3.05, 3.63) is 34.8 Å². The molecule has 2 aromatic rings. The summed E-state index contributed by atoms with van der Waals surface area (Å²) in [6.45, 7) is 0. The van der Waals surface area contributed by atoms with Gasteiger partial charge in [-0.2, -0.15) is 11.3 Å². The minimum atomic E-state index is 1.03. The highest BCUT2D eigenvalue weighted by atomic mass is 32.1. The van der Waals surface area contributed by atoms with E-state index in [0.29, 0.717) is 0 Å². The van der Waals surface area contributed by atoms with Gasteiger partial charge in [-0.3, -0.25) is 0 Å². The Hall–Kier alpha value is -1.42. The molecule has 0 amide bonds. The Kier molecular flexibility index (Phi) is 2.58. The lowest BCUT2D eigenvalue weighted by molar-refractivity contribution is 0.738. The molecule has 2 aromatic heterocycles. The van der Waals surface area contributed by atoms with Crippen LogP contribution in [-0.2, 0) is 0 Å². The topological polar surface area (TPSA) is 30.7 Å². The van der Waals surface area contributed by atoms with Gasteiger partial charge in [0.25, 0.3) is 0 Å². The Morgan fingerprint density at radius 2 is 2.31 bits per heavy atom. The second kappa shape index (κ2) is 4.22. The molecule has 0 fully saturated rings. The Balaban J connectivity index is 1.90. The molecule has 0 radical (unpaired) electrons. The average Bonchev–Trinajstić information content (AvgIpc) is 3.01. The largest absolute Gasteiger partial charge is 0.219 e. The molecule has 0 atom stereocenters.